The highest BCUT2D eigenvalue weighted by atomic mass is 79.9. The summed E-state index contributed by atoms with van der Waals surface area (Å²) in [6.45, 7) is 1.73. The Morgan fingerprint density at radius 1 is 1.45 bits per heavy atom. The summed E-state index contributed by atoms with van der Waals surface area (Å²) in [7, 11) is 3.96. The van der Waals surface area contributed by atoms with Gasteiger partial charge in [0.2, 0.25) is 0 Å². The van der Waals surface area contributed by atoms with Gasteiger partial charge >= 0.3 is 0 Å². The van der Waals surface area contributed by atoms with Gasteiger partial charge in [-0.3, -0.25) is 4.68 Å². The molecule has 3 rings (SSSR count). The summed E-state index contributed by atoms with van der Waals surface area (Å²) >= 11 is 3.71. The molecule has 0 spiro atoms. The van der Waals surface area contributed by atoms with Gasteiger partial charge in [0.05, 0.1) is 16.8 Å². The Morgan fingerprint density at radius 3 is 3.10 bits per heavy atom. The van der Waals surface area contributed by atoms with E-state index in [1.807, 2.05) is 24.8 Å². The topological polar surface area (TPSA) is 39.1 Å². The zero-order valence-electron chi connectivity index (χ0n) is 11.7. The summed E-state index contributed by atoms with van der Waals surface area (Å²) in [4.78, 5) is 0. The normalized spacial score (nSPS) is 13.3. The minimum atomic E-state index is 0.787. The van der Waals surface area contributed by atoms with Crippen LogP contribution >= 0.6 is 15.9 Å². The summed E-state index contributed by atoms with van der Waals surface area (Å²) in [5, 5.41) is 7.84. The number of nitrogens with zero attached hydrogens (tertiary/aromatic N) is 2. The van der Waals surface area contributed by atoms with Crippen LogP contribution in [0.2, 0.25) is 0 Å². The van der Waals surface area contributed by atoms with E-state index in [1.54, 1.807) is 0 Å². The number of benzene rings is 1. The Labute approximate surface area is 127 Å². The van der Waals surface area contributed by atoms with Crippen LogP contribution in [0.25, 0.3) is 11.3 Å². The third kappa shape index (κ3) is 2.36. The van der Waals surface area contributed by atoms with Gasteiger partial charge in [0.25, 0.3) is 0 Å². The standard InChI is InChI=1S/C15H18BrN3O/c1-17-7-5-12-14(16)15(18-19(12)2)11-3-4-13-10(9-11)6-8-20-13/h3-4,9,17H,5-8H2,1-2H3. The molecule has 4 nitrogen and oxygen atoms in total. The Balaban J connectivity index is 1.98. The highest BCUT2D eigenvalue weighted by Crippen LogP contribution is 2.34. The molecule has 0 amide bonds. The zero-order valence-corrected chi connectivity index (χ0v) is 13.3. The van der Waals surface area contributed by atoms with Gasteiger partial charge in [-0.1, -0.05) is 0 Å². The molecule has 1 aliphatic heterocycles. The molecule has 2 aromatic rings. The van der Waals surface area contributed by atoms with Crippen molar-refractivity contribution in [3.63, 3.8) is 0 Å². The molecular weight excluding hydrogens is 318 g/mol. The third-order valence-corrected chi connectivity index (χ3v) is 4.51. The number of rotatable bonds is 4. The van der Waals surface area contributed by atoms with Crippen molar-refractivity contribution < 1.29 is 4.74 Å². The monoisotopic (exact) mass is 335 g/mol. The second-order valence-corrected chi connectivity index (χ2v) is 5.80. The van der Waals surface area contributed by atoms with Crippen molar-refractivity contribution in [1.82, 2.24) is 15.1 Å². The average molecular weight is 336 g/mol. The lowest BCUT2D eigenvalue weighted by Crippen LogP contribution is -2.12. The van der Waals surface area contributed by atoms with Gasteiger partial charge in [0.1, 0.15) is 11.4 Å². The largest absolute Gasteiger partial charge is 0.493 e. The van der Waals surface area contributed by atoms with Crippen LogP contribution in [0.5, 0.6) is 5.75 Å². The molecule has 0 unspecified atom stereocenters. The van der Waals surface area contributed by atoms with Crippen LogP contribution in [0.1, 0.15) is 11.3 Å². The van der Waals surface area contributed by atoms with Crippen molar-refractivity contribution in [2.24, 2.45) is 7.05 Å². The molecule has 1 aliphatic rings. The predicted molar refractivity (Wildman–Crippen MR) is 83.2 cm³/mol. The van der Waals surface area contributed by atoms with Crippen LogP contribution in [-0.4, -0.2) is 30.0 Å². The van der Waals surface area contributed by atoms with Crippen LogP contribution in [0.3, 0.4) is 0 Å². The van der Waals surface area contributed by atoms with Gasteiger partial charge in [-0.05, 0) is 46.7 Å². The highest BCUT2D eigenvalue weighted by molar-refractivity contribution is 9.10. The van der Waals surface area contributed by atoms with Gasteiger partial charge in [0, 0.05) is 32.0 Å². The molecule has 0 fully saturated rings. The van der Waals surface area contributed by atoms with Crippen molar-refractivity contribution in [3.05, 3.63) is 33.9 Å². The smallest absolute Gasteiger partial charge is 0.122 e. The van der Waals surface area contributed by atoms with Crippen LogP contribution in [-0.2, 0) is 19.9 Å². The van der Waals surface area contributed by atoms with E-state index in [4.69, 9.17) is 4.74 Å². The lowest BCUT2D eigenvalue weighted by atomic mass is 10.1. The fraction of sp³-hybridized carbons (Fsp3) is 0.400. The SMILES string of the molecule is CNCCc1c(Br)c(-c2ccc3c(c2)CCO3)nn1C. The summed E-state index contributed by atoms with van der Waals surface area (Å²) in [5.74, 6) is 1.01. The molecule has 0 bridgehead atoms. The summed E-state index contributed by atoms with van der Waals surface area (Å²) < 4.78 is 8.61. The number of hydrogen-bond acceptors (Lipinski definition) is 3. The molecular formula is C15H18BrN3O. The Bertz CT molecular complexity index is 636. The number of aromatic nitrogens is 2. The first kappa shape index (κ1) is 13.6. The van der Waals surface area contributed by atoms with Crippen molar-refractivity contribution >= 4 is 15.9 Å². The summed E-state index contributed by atoms with van der Waals surface area (Å²) in [5.41, 5.74) is 4.64. The van der Waals surface area contributed by atoms with E-state index in [0.29, 0.717) is 0 Å². The Morgan fingerprint density at radius 2 is 2.30 bits per heavy atom. The maximum atomic E-state index is 5.56. The quantitative estimate of drug-likeness (QED) is 0.933. The lowest BCUT2D eigenvalue weighted by molar-refractivity contribution is 0.357. The van der Waals surface area contributed by atoms with Crippen LogP contribution in [0, 0.1) is 0 Å². The number of halogens is 1. The fourth-order valence-corrected chi connectivity index (χ4v) is 3.33. The van der Waals surface area contributed by atoms with E-state index in [9.17, 15) is 0 Å². The minimum Gasteiger partial charge on any atom is -0.493 e. The van der Waals surface area contributed by atoms with Crippen molar-refractivity contribution in [3.8, 4) is 17.0 Å². The molecule has 0 saturated heterocycles. The second kappa shape index (κ2) is 5.58. The molecule has 106 valence electrons. The first-order valence-corrected chi connectivity index (χ1v) is 7.62. The molecule has 0 aliphatic carbocycles. The summed E-state index contributed by atoms with van der Waals surface area (Å²) in [6.07, 6.45) is 1.94. The maximum absolute atomic E-state index is 5.56. The van der Waals surface area contributed by atoms with E-state index in [2.05, 4.69) is 38.5 Å². The van der Waals surface area contributed by atoms with E-state index in [1.165, 1.54) is 11.3 Å². The van der Waals surface area contributed by atoms with E-state index >= 15 is 0 Å². The lowest BCUT2D eigenvalue weighted by Gasteiger charge is -2.03. The number of hydrogen-bond donors (Lipinski definition) is 1. The van der Waals surface area contributed by atoms with Crippen LogP contribution in [0.4, 0.5) is 0 Å². The van der Waals surface area contributed by atoms with E-state index in [-0.39, 0.29) is 0 Å². The number of ether oxygens (including phenoxy) is 1. The highest BCUT2D eigenvalue weighted by Gasteiger charge is 2.18. The molecule has 20 heavy (non-hydrogen) atoms. The Hall–Kier alpha value is -1.33. The van der Waals surface area contributed by atoms with Crippen molar-refractivity contribution in [2.75, 3.05) is 20.2 Å². The predicted octanol–water partition coefficient (Wildman–Crippen LogP) is 2.55. The van der Waals surface area contributed by atoms with Crippen LogP contribution in [0.15, 0.2) is 22.7 Å². The van der Waals surface area contributed by atoms with E-state index in [0.717, 1.165) is 47.5 Å². The number of aryl methyl sites for hydroxylation is 1. The molecule has 1 N–H and O–H groups in total. The van der Waals surface area contributed by atoms with E-state index < -0.39 is 0 Å². The van der Waals surface area contributed by atoms with Crippen molar-refractivity contribution in [2.45, 2.75) is 12.8 Å². The molecule has 5 heteroatoms. The number of fused-ring (bicyclic) bond motifs is 1. The first-order valence-electron chi connectivity index (χ1n) is 6.82. The van der Waals surface area contributed by atoms with Crippen molar-refractivity contribution in [1.29, 1.82) is 0 Å². The molecule has 1 aromatic heterocycles. The first-order chi connectivity index (χ1) is 9.70. The molecule has 0 saturated carbocycles. The minimum absolute atomic E-state index is 0.787. The molecule has 2 heterocycles. The van der Waals surface area contributed by atoms with Gasteiger partial charge < -0.3 is 10.1 Å². The van der Waals surface area contributed by atoms with Gasteiger partial charge in [0.15, 0.2) is 0 Å². The molecule has 0 radical (unpaired) electrons. The maximum Gasteiger partial charge on any atom is 0.122 e. The molecule has 1 aromatic carbocycles. The molecule has 0 atom stereocenters. The fourth-order valence-electron chi connectivity index (χ4n) is 2.57. The van der Waals surface area contributed by atoms with Gasteiger partial charge in [-0.2, -0.15) is 5.10 Å². The Kier molecular flexibility index (Phi) is 3.81. The third-order valence-electron chi connectivity index (χ3n) is 3.68. The van der Waals surface area contributed by atoms with Gasteiger partial charge in [-0.25, -0.2) is 0 Å². The second-order valence-electron chi connectivity index (χ2n) is 5.01. The van der Waals surface area contributed by atoms with Gasteiger partial charge in [-0.15, -0.1) is 0 Å². The summed E-state index contributed by atoms with van der Waals surface area (Å²) in [6, 6.07) is 6.32. The number of likely N-dealkylation sites (N-methyl/N-ethyl adjacent to an activating group) is 1. The zero-order chi connectivity index (χ0) is 14.1. The number of nitrogens with one attached hydrogen (secondary N) is 1. The van der Waals surface area contributed by atoms with Crippen LogP contribution < -0.4 is 10.1 Å². The average Bonchev–Trinajstić information content (AvgIpc) is 3.01.